The van der Waals surface area contributed by atoms with Gasteiger partial charge in [0.1, 0.15) is 5.75 Å². The van der Waals surface area contributed by atoms with Crippen molar-refractivity contribution < 1.29 is 4.74 Å². The van der Waals surface area contributed by atoms with Crippen molar-refractivity contribution in [2.75, 3.05) is 26.7 Å². The fourth-order valence-corrected chi connectivity index (χ4v) is 2.87. The smallest absolute Gasteiger partial charge is 0.122 e. The van der Waals surface area contributed by atoms with Crippen LogP contribution in [0.2, 0.25) is 0 Å². The van der Waals surface area contributed by atoms with E-state index in [0.717, 1.165) is 23.4 Å². The van der Waals surface area contributed by atoms with Gasteiger partial charge in [0.2, 0.25) is 0 Å². The molecule has 1 aliphatic rings. The molecule has 0 N–H and O–H groups in total. The zero-order valence-corrected chi connectivity index (χ0v) is 12.2. The lowest BCUT2D eigenvalue weighted by molar-refractivity contribution is 0.150. The van der Waals surface area contributed by atoms with Gasteiger partial charge < -0.3 is 9.64 Å². The minimum Gasteiger partial charge on any atom is -0.493 e. The lowest BCUT2D eigenvalue weighted by Crippen LogP contribution is -2.34. The van der Waals surface area contributed by atoms with Crippen LogP contribution in [0.3, 0.4) is 0 Å². The van der Waals surface area contributed by atoms with E-state index >= 15 is 0 Å². The molecule has 0 bridgehead atoms. The number of halogens is 1. The third-order valence-electron chi connectivity index (χ3n) is 3.33. The summed E-state index contributed by atoms with van der Waals surface area (Å²) in [6, 6.07) is 6.18. The highest BCUT2D eigenvalue weighted by Gasteiger charge is 2.17. The van der Waals surface area contributed by atoms with E-state index in [4.69, 9.17) is 4.74 Å². The summed E-state index contributed by atoms with van der Waals surface area (Å²) < 4.78 is 7.04. The summed E-state index contributed by atoms with van der Waals surface area (Å²) in [7, 11) is 2.19. The Balaban J connectivity index is 1.88. The second kappa shape index (κ2) is 5.87. The first-order valence-corrected chi connectivity index (χ1v) is 7.02. The minimum atomic E-state index is 0.678. The number of aryl methyl sites for hydroxylation is 1. The van der Waals surface area contributed by atoms with Gasteiger partial charge in [0.15, 0.2) is 0 Å². The number of benzene rings is 1. The first kappa shape index (κ1) is 12.9. The highest BCUT2D eigenvalue weighted by Crippen LogP contribution is 2.24. The highest BCUT2D eigenvalue weighted by molar-refractivity contribution is 9.10. The van der Waals surface area contributed by atoms with Gasteiger partial charge in [-0.25, -0.2) is 0 Å². The van der Waals surface area contributed by atoms with Gasteiger partial charge in [0.25, 0.3) is 0 Å². The number of piperidine rings is 1. The van der Waals surface area contributed by atoms with Crippen LogP contribution < -0.4 is 4.74 Å². The van der Waals surface area contributed by atoms with Gasteiger partial charge in [-0.3, -0.25) is 0 Å². The fraction of sp³-hybridized carbons (Fsp3) is 0.571. The molecule has 0 spiro atoms. The SMILES string of the molecule is Cc1cc(Br)ccc1OCC1CCCN(C)C1. The van der Waals surface area contributed by atoms with Crippen LogP contribution in [0.15, 0.2) is 22.7 Å². The van der Waals surface area contributed by atoms with Crippen molar-refractivity contribution in [1.82, 2.24) is 4.90 Å². The van der Waals surface area contributed by atoms with E-state index in [1.807, 2.05) is 12.1 Å². The topological polar surface area (TPSA) is 12.5 Å². The Labute approximate surface area is 112 Å². The molecule has 1 aromatic rings. The number of nitrogens with zero attached hydrogens (tertiary/aromatic N) is 1. The van der Waals surface area contributed by atoms with Crippen LogP contribution in [0.5, 0.6) is 5.75 Å². The van der Waals surface area contributed by atoms with Crippen molar-refractivity contribution >= 4 is 15.9 Å². The lowest BCUT2D eigenvalue weighted by atomic mass is 9.99. The predicted octanol–water partition coefficient (Wildman–Crippen LogP) is 3.48. The average Bonchev–Trinajstić information content (AvgIpc) is 2.28. The Morgan fingerprint density at radius 1 is 1.47 bits per heavy atom. The number of hydrogen-bond acceptors (Lipinski definition) is 2. The van der Waals surface area contributed by atoms with E-state index in [2.05, 4.69) is 40.9 Å². The van der Waals surface area contributed by atoms with Crippen LogP contribution in [-0.2, 0) is 0 Å². The summed E-state index contributed by atoms with van der Waals surface area (Å²) >= 11 is 3.47. The predicted molar refractivity (Wildman–Crippen MR) is 74.6 cm³/mol. The molecule has 0 radical (unpaired) electrons. The van der Waals surface area contributed by atoms with Gasteiger partial charge in [-0.2, -0.15) is 0 Å². The second-order valence-corrected chi connectivity index (χ2v) is 5.91. The van der Waals surface area contributed by atoms with Gasteiger partial charge >= 0.3 is 0 Å². The molecule has 1 fully saturated rings. The summed E-state index contributed by atoms with van der Waals surface area (Å²) in [5.41, 5.74) is 1.20. The molecule has 0 amide bonds. The summed E-state index contributed by atoms with van der Waals surface area (Å²) in [4.78, 5) is 2.39. The minimum absolute atomic E-state index is 0.678. The van der Waals surface area contributed by atoms with Gasteiger partial charge in [0, 0.05) is 16.9 Å². The van der Waals surface area contributed by atoms with Gasteiger partial charge in [-0.15, -0.1) is 0 Å². The molecule has 2 rings (SSSR count). The summed E-state index contributed by atoms with van der Waals surface area (Å²) in [6.07, 6.45) is 2.59. The maximum atomic E-state index is 5.93. The molecule has 17 heavy (non-hydrogen) atoms. The van der Waals surface area contributed by atoms with Gasteiger partial charge in [0.05, 0.1) is 6.61 Å². The van der Waals surface area contributed by atoms with Crippen molar-refractivity contribution in [3.8, 4) is 5.75 Å². The van der Waals surface area contributed by atoms with E-state index in [0.29, 0.717) is 5.92 Å². The first-order valence-electron chi connectivity index (χ1n) is 6.22. The Kier molecular flexibility index (Phi) is 4.46. The van der Waals surface area contributed by atoms with E-state index < -0.39 is 0 Å². The summed E-state index contributed by atoms with van der Waals surface area (Å²) in [6.45, 7) is 5.32. The molecule has 0 aliphatic carbocycles. The Morgan fingerprint density at radius 2 is 2.29 bits per heavy atom. The molecule has 1 atom stereocenters. The van der Waals surface area contributed by atoms with Crippen molar-refractivity contribution in [2.45, 2.75) is 19.8 Å². The number of rotatable bonds is 3. The first-order chi connectivity index (χ1) is 8.15. The molecule has 1 saturated heterocycles. The summed E-state index contributed by atoms with van der Waals surface area (Å²) in [5.74, 6) is 1.69. The van der Waals surface area contributed by atoms with Gasteiger partial charge in [-0.05, 0) is 57.1 Å². The molecule has 1 unspecified atom stereocenters. The Hall–Kier alpha value is -0.540. The average molecular weight is 298 g/mol. The lowest BCUT2D eigenvalue weighted by Gasteiger charge is -2.29. The van der Waals surface area contributed by atoms with Crippen molar-refractivity contribution in [3.63, 3.8) is 0 Å². The molecule has 3 heteroatoms. The third kappa shape index (κ3) is 3.71. The third-order valence-corrected chi connectivity index (χ3v) is 3.83. The van der Waals surface area contributed by atoms with Crippen molar-refractivity contribution in [3.05, 3.63) is 28.2 Å². The standard InChI is InChI=1S/C14H20BrNO/c1-11-8-13(15)5-6-14(11)17-10-12-4-3-7-16(2)9-12/h5-6,8,12H,3-4,7,9-10H2,1-2H3. The molecule has 0 aromatic heterocycles. The molecule has 94 valence electrons. The zero-order chi connectivity index (χ0) is 12.3. The van der Waals surface area contributed by atoms with Crippen molar-refractivity contribution in [2.24, 2.45) is 5.92 Å². The van der Waals surface area contributed by atoms with Crippen LogP contribution in [0.25, 0.3) is 0 Å². The molecular formula is C14H20BrNO. The highest BCUT2D eigenvalue weighted by atomic mass is 79.9. The molecule has 1 aromatic carbocycles. The Morgan fingerprint density at radius 3 is 3.00 bits per heavy atom. The monoisotopic (exact) mass is 297 g/mol. The largest absolute Gasteiger partial charge is 0.493 e. The van der Waals surface area contributed by atoms with Crippen LogP contribution in [0.1, 0.15) is 18.4 Å². The van der Waals surface area contributed by atoms with Crippen LogP contribution in [0, 0.1) is 12.8 Å². The molecule has 1 aliphatic heterocycles. The van der Waals surface area contributed by atoms with Crippen LogP contribution in [-0.4, -0.2) is 31.6 Å². The Bertz CT molecular complexity index is 380. The number of ether oxygens (including phenoxy) is 1. The van der Waals surface area contributed by atoms with Crippen molar-refractivity contribution in [1.29, 1.82) is 0 Å². The van der Waals surface area contributed by atoms with E-state index in [-0.39, 0.29) is 0 Å². The zero-order valence-electron chi connectivity index (χ0n) is 10.6. The van der Waals surface area contributed by atoms with Crippen LogP contribution in [0.4, 0.5) is 0 Å². The van der Waals surface area contributed by atoms with E-state index in [9.17, 15) is 0 Å². The molecule has 2 nitrogen and oxygen atoms in total. The second-order valence-electron chi connectivity index (χ2n) is 4.99. The van der Waals surface area contributed by atoms with E-state index in [1.165, 1.54) is 24.9 Å². The van der Waals surface area contributed by atoms with E-state index in [1.54, 1.807) is 0 Å². The maximum Gasteiger partial charge on any atom is 0.122 e. The van der Waals surface area contributed by atoms with Gasteiger partial charge in [-0.1, -0.05) is 15.9 Å². The normalized spacial score (nSPS) is 21.5. The van der Waals surface area contributed by atoms with Crippen LogP contribution >= 0.6 is 15.9 Å². The fourth-order valence-electron chi connectivity index (χ4n) is 2.39. The number of likely N-dealkylation sites (tertiary alicyclic amines) is 1. The number of hydrogen-bond donors (Lipinski definition) is 0. The summed E-state index contributed by atoms with van der Waals surface area (Å²) in [5, 5.41) is 0. The molecule has 0 saturated carbocycles. The maximum absolute atomic E-state index is 5.93. The quantitative estimate of drug-likeness (QED) is 0.847. The molecule has 1 heterocycles. The molecular weight excluding hydrogens is 278 g/mol.